The first-order valence-corrected chi connectivity index (χ1v) is 9.00. The molecule has 6 nitrogen and oxygen atoms in total. The first-order valence-electron chi connectivity index (χ1n) is 9.00. The third-order valence-corrected chi connectivity index (χ3v) is 5.41. The third kappa shape index (κ3) is 3.02. The summed E-state index contributed by atoms with van der Waals surface area (Å²) in [5.74, 6) is 0.0280. The van der Waals surface area contributed by atoms with Crippen molar-refractivity contribution < 1.29 is 4.79 Å². The Hall–Kier alpha value is -2.34. The van der Waals surface area contributed by atoms with Gasteiger partial charge in [0.05, 0.1) is 0 Å². The van der Waals surface area contributed by atoms with Gasteiger partial charge in [-0.2, -0.15) is 0 Å². The fourth-order valence-electron chi connectivity index (χ4n) is 4.21. The van der Waals surface area contributed by atoms with Crippen molar-refractivity contribution in [2.45, 2.75) is 25.8 Å². The molecule has 1 amide bonds. The van der Waals surface area contributed by atoms with E-state index in [0.29, 0.717) is 12.6 Å². The van der Waals surface area contributed by atoms with Gasteiger partial charge in [-0.1, -0.05) is 6.07 Å². The second-order valence-corrected chi connectivity index (χ2v) is 7.01. The minimum absolute atomic E-state index is 0.00851. The number of amides is 1. The molecule has 1 aromatic heterocycles. The Bertz CT molecular complexity index is 860. The van der Waals surface area contributed by atoms with Crippen LogP contribution in [-0.2, 0) is 11.2 Å². The normalized spacial score (nSPS) is 20.2. The van der Waals surface area contributed by atoms with Crippen molar-refractivity contribution in [3.05, 3.63) is 40.3 Å². The lowest BCUT2D eigenvalue weighted by Gasteiger charge is -2.36. The number of nitrogens with zero attached hydrogens (tertiary/aromatic N) is 2. The van der Waals surface area contributed by atoms with E-state index in [1.807, 2.05) is 18.3 Å². The van der Waals surface area contributed by atoms with Crippen LogP contribution in [0.4, 0.5) is 5.69 Å². The van der Waals surface area contributed by atoms with Gasteiger partial charge in [0.1, 0.15) is 0 Å². The smallest absolute Gasteiger partial charge is 0.255 e. The Kier molecular flexibility index (Phi) is 4.21. The predicted molar refractivity (Wildman–Crippen MR) is 99.1 cm³/mol. The molecule has 6 heteroatoms. The molecule has 0 aliphatic carbocycles. The fraction of sp³-hybridized carbons (Fsp3) is 0.474. The molecule has 0 spiro atoms. The van der Waals surface area contributed by atoms with E-state index >= 15 is 0 Å². The number of aromatic nitrogens is 1. The number of benzene rings is 1. The average molecular weight is 340 g/mol. The summed E-state index contributed by atoms with van der Waals surface area (Å²) < 4.78 is 0. The average Bonchev–Trinajstić information content (AvgIpc) is 3.06. The summed E-state index contributed by atoms with van der Waals surface area (Å²) in [5.41, 5.74) is 2.42. The number of pyridine rings is 1. The zero-order valence-electron chi connectivity index (χ0n) is 14.5. The molecule has 2 aliphatic heterocycles. The standard InChI is InChI=1S/C19H24N4O2/c1-13(24)20-7-10-22-8-6-15(12-22)23-9-5-14-11-21-19(25)16-3-2-4-17(23)18(14)16/h2-4,11,15H,5-10,12H2,1H3,(H,20,24)(H,21,25). The number of H-pyrrole nitrogens is 1. The minimum atomic E-state index is -0.00851. The Balaban J connectivity index is 1.54. The highest BCUT2D eigenvalue weighted by Gasteiger charge is 2.30. The molecular weight excluding hydrogens is 316 g/mol. The molecule has 1 aromatic carbocycles. The van der Waals surface area contributed by atoms with Gasteiger partial charge >= 0.3 is 0 Å². The molecule has 25 heavy (non-hydrogen) atoms. The predicted octanol–water partition coefficient (Wildman–Crippen LogP) is 1.10. The number of carbonyl (C=O) groups excluding carboxylic acids is 1. The van der Waals surface area contributed by atoms with Gasteiger partial charge < -0.3 is 15.2 Å². The van der Waals surface area contributed by atoms with Gasteiger partial charge in [0.25, 0.3) is 5.56 Å². The van der Waals surface area contributed by atoms with Crippen molar-refractivity contribution in [2.75, 3.05) is 37.6 Å². The molecule has 0 saturated carbocycles. The molecule has 132 valence electrons. The summed E-state index contributed by atoms with van der Waals surface area (Å²) in [5, 5.41) is 4.78. The molecule has 2 aliphatic rings. The van der Waals surface area contributed by atoms with E-state index in [2.05, 4.69) is 26.2 Å². The van der Waals surface area contributed by atoms with Crippen LogP contribution in [0.3, 0.4) is 0 Å². The Morgan fingerprint density at radius 2 is 2.24 bits per heavy atom. The zero-order valence-corrected chi connectivity index (χ0v) is 14.5. The van der Waals surface area contributed by atoms with Gasteiger partial charge in [-0.3, -0.25) is 14.5 Å². The van der Waals surface area contributed by atoms with E-state index in [9.17, 15) is 9.59 Å². The van der Waals surface area contributed by atoms with Crippen LogP contribution in [0, 0.1) is 0 Å². The molecule has 1 fully saturated rings. The molecule has 2 aromatic rings. The van der Waals surface area contributed by atoms with E-state index in [4.69, 9.17) is 0 Å². The first kappa shape index (κ1) is 16.1. The van der Waals surface area contributed by atoms with Crippen molar-refractivity contribution in [1.29, 1.82) is 0 Å². The highest BCUT2D eigenvalue weighted by Crippen LogP contribution is 2.35. The number of hydrogen-bond donors (Lipinski definition) is 2. The van der Waals surface area contributed by atoms with Crippen LogP contribution in [0.15, 0.2) is 29.2 Å². The maximum atomic E-state index is 12.2. The summed E-state index contributed by atoms with van der Waals surface area (Å²) >= 11 is 0. The van der Waals surface area contributed by atoms with E-state index in [1.165, 1.54) is 11.3 Å². The lowest BCUT2D eigenvalue weighted by atomic mass is 9.97. The highest BCUT2D eigenvalue weighted by molar-refractivity contribution is 5.97. The van der Waals surface area contributed by atoms with E-state index < -0.39 is 0 Å². The number of rotatable bonds is 4. The van der Waals surface area contributed by atoms with Gasteiger partial charge in [0, 0.05) is 68.3 Å². The number of nitrogens with one attached hydrogen (secondary N) is 2. The van der Waals surface area contributed by atoms with Gasteiger partial charge in [-0.05, 0) is 30.5 Å². The van der Waals surface area contributed by atoms with Crippen molar-refractivity contribution in [3.63, 3.8) is 0 Å². The van der Waals surface area contributed by atoms with Crippen LogP contribution in [-0.4, -0.2) is 54.6 Å². The lowest BCUT2D eigenvalue weighted by Crippen LogP contribution is -2.42. The van der Waals surface area contributed by atoms with Crippen LogP contribution in [0.5, 0.6) is 0 Å². The van der Waals surface area contributed by atoms with E-state index in [0.717, 1.165) is 49.8 Å². The van der Waals surface area contributed by atoms with Crippen LogP contribution < -0.4 is 15.8 Å². The molecule has 0 radical (unpaired) electrons. The largest absolute Gasteiger partial charge is 0.366 e. The Morgan fingerprint density at radius 1 is 1.36 bits per heavy atom. The Morgan fingerprint density at radius 3 is 3.08 bits per heavy atom. The quantitative estimate of drug-likeness (QED) is 0.875. The van der Waals surface area contributed by atoms with Gasteiger partial charge in [-0.25, -0.2) is 0 Å². The van der Waals surface area contributed by atoms with Crippen LogP contribution in [0.1, 0.15) is 18.9 Å². The first-order chi connectivity index (χ1) is 12.1. The molecule has 1 atom stereocenters. The number of aromatic amines is 1. The number of hydrogen-bond acceptors (Lipinski definition) is 4. The van der Waals surface area contributed by atoms with Crippen LogP contribution in [0.2, 0.25) is 0 Å². The number of likely N-dealkylation sites (tertiary alicyclic amines) is 1. The van der Waals surface area contributed by atoms with Gasteiger partial charge in [0.15, 0.2) is 0 Å². The van der Waals surface area contributed by atoms with E-state index in [1.54, 1.807) is 6.92 Å². The third-order valence-electron chi connectivity index (χ3n) is 5.41. The van der Waals surface area contributed by atoms with Crippen molar-refractivity contribution >= 4 is 22.4 Å². The van der Waals surface area contributed by atoms with Crippen molar-refractivity contribution in [2.24, 2.45) is 0 Å². The topological polar surface area (TPSA) is 68.4 Å². The SMILES string of the molecule is CC(=O)NCCN1CCC(N2CCc3c[nH]c(=O)c4cccc2c34)C1. The van der Waals surface area contributed by atoms with E-state index in [-0.39, 0.29) is 11.5 Å². The fourth-order valence-corrected chi connectivity index (χ4v) is 4.21. The summed E-state index contributed by atoms with van der Waals surface area (Å²) in [6.07, 6.45) is 3.96. The van der Waals surface area contributed by atoms with Crippen LogP contribution in [0.25, 0.3) is 10.8 Å². The molecule has 4 rings (SSSR count). The molecule has 1 unspecified atom stereocenters. The van der Waals surface area contributed by atoms with Crippen LogP contribution >= 0.6 is 0 Å². The second kappa shape index (κ2) is 6.52. The van der Waals surface area contributed by atoms with Gasteiger partial charge in [0.2, 0.25) is 5.91 Å². The molecule has 3 heterocycles. The zero-order chi connectivity index (χ0) is 17.4. The highest BCUT2D eigenvalue weighted by atomic mass is 16.1. The second-order valence-electron chi connectivity index (χ2n) is 7.01. The molecule has 2 N–H and O–H groups in total. The number of anilines is 1. The number of carbonyl (C=O) groups is 1. The molecular formula is C19H24N4O2. The summed E-state index contributed by atoms with van der Waals surface area (Å²) in [7, 11) is 0. The maximum Gasteiger partial charge on any atom is 0.255 e. The summed E-state index contributed by atoms with van der Waals surface area (Å²) in [6.45, 7) is 6.20. The van der Waals surface area contributed by atoms with Gasteiger partial charge in [-0.15, -0.1) is 0 Å². The Labute approximate surface area is 146 Å². The minimum Gasteiger partial charge on any atom is -0.366 e. The van der Waals surface area contributed by atoms with Crippen molar-refractivity contribution in [3.8, 4) is 0 Å². The summed E-state index contributed by atoms with van der Waals surface area (Å²) in [4.78, 5) is 30.9. The maximum absolute atomic E-state index is 12.2. The molecule has 0 bridgehead atoms. The lowest BCUT2D eigenvalue weighted by molar-refractivity contribution is -0.119. The molecule has 1 saturated heterocycles. The van der Waals surface area contributed by atoms with Crippen molar-refractivity contribution in [1.82, 2.24) is 15.2 Å². The monoisotopic (exact) mass is 340 g/mol. The summed E-state index contributed by atoms with van der Waals surface area (Å²) in [6, 6.07) is 6.51.